The Balaban J connectivity index is 2.03. The van der Waals surface area contributed by atoms with Crippen molar-refractivity contribution in [1.29, 1.82) is 0 Å². The quantitative estimate of drug-likeness (QED) is 0.510. The first-order valence-electron chi connectivity index (χ1n) is 7.48. The van der Waals surface area contributed by atoms with Crippen molar-refractivity contribution in [3.63, 3.8) is 0 Å². The predicted octanol–water partition coefficient (Wildman–Crippen LogP) is 2.33. The highest BCUT2D eigenvalue weighted by molar-refractivity contribution is 7.20. The summed E-state index contributed by atoms with van der Waals surface area (Å²) < 4.78 is 0. The molecule has 3 rings (SSSR count). The van der Waals surface area contributed by atoms with Gasteiger partial charge in [0, 0.05) is 22.5 Å². The van der Waals surface area contributed by atoms with Gasteiger partial charge < -0.3 is 21.3 Å². The number of carbonyl (C=O) groups is 1. The van der Waals surface area contributed by atoms with E-state index < -0.39 is 18.6 Å². The van der Waals surface area contributed by atoms with Gasteiger partial charge in [-0.25, -0.2) is 9.97 Å². The molecule has 1 amide bonds. The molecule has 1 atom stereocenters. The lowest BCUT2D eigenvalue weighted by molar-refractivity contribution is 0.0804. The van der Waals surface area contributed by atoms with Crippen molar-refractivity contribution in [3.05, 3.63) is 39.2 Å². The van der Waals surface area contributed by atoms with Crippen LogP contribution in [-0.2, 0) is 0 Å². The minimum atomic E-state index is -1.02. The molecule has 5 N–H and O–H groups in total. The molecule has 2 heterocycles. The number of halogens is 2. The number of hydrogen-bond donors (Lipinski definition) is 4. The Labute approximate surface area is 162 Å². The first kappa shape index (κ1) is 18.8. The van der Waals surface area contributed by atoms with Crippen LogP contribution in [0.2, 0.25) is 10.0 Å². The standard InChI is InChI=1S/C16H14Cl2N4O3S/c17-7-1-2-9(11(18)3-7)13-10-4-12(14(25)20-5-8(24)6-23)26-15(10)22-16(19)21-13/h1-4,8,23-24H,5-6H2,(H,20,25)(H2,19,21,22). The Morgan fingerprint density at radius 1 is 1.31 bits per heavy atom. The van der Waals surface area contributed by atoms with E-state index in [1.165, 1.54) is 0 Å². The summed E-state index contributed by atoms with van der Waals surface area (Å²) in [6.45, 7) is -0.499. The number of aliphatic hydroxyl groups is 2. The fourth-order valence-corrected chi connectivity index (χ4v) is 3.75. The highest BCUT2D eigenvalue weighted by Gasteiger charge is 2.18. The molecule has 0 radical (unpaired) electrons. The number of aromatic nitrogens is 2. The van der Waals surface area contributed by atoms with Crippen LogP contribution >= 0.6 is 34.5 Å². The van der Waals surface area contributed by atoms with Crippen LogP contribution in [0, 0.1) is 0 Å². The molecule has 1 unspecified atom stereocenters. The lowest BCUT2D eigenvalue weighted by atomic mass is 10.1. The van der Waals surface area contributed by atoms with Crippen LogP contribution in [-0.4, -0.2) is 45.3 Å². The Morgan fingerprint density at radius 3 is 2.77 bits per heavy atom. The minimum Gasteiger partial charge on any atom is -0.394 e. The number of nitrogens with two attached hydrogens (primary N) is 1. The summed E-state index contributed by atoms with van der Waals surface area (Å²) in [4.78, 5) is 21.6. The van der Waals surface area contributed by atoms with Crippen molar-refractivity contribution < 1.29 is 15.0 Å². The van der Waals surface area contributed by atoms with Gasteiger partial charge in [-0.3, -0.25) is 4.79 Å². The third-order valence-corrected chi connectivity index (χ3v) is 5.10. The van der Waals surface area contributed by atoms with Crippen LogP contribution < -0.4 is 11.1 Å². The normalized spacial score (nSPS) is 12.3. The topological polar surface area (TPSA) is 121 Å². The lowest BCUT2D eigenvalue weighted by Gasteiger charge is -2.07. The number of aliphatic hydroxyl groups excluding tert-OH is 2. The average molecular weight is 413 g/mol. The van der Waals surface area contributed by atoms with Crippen molar-refractivity contribution >= 4 is 56.6 Å². The Morgan fingerprint density at radius 2 is 2.08 bits per heavy atom. The molecule has 0 saturated carbocycles. The average Bonchev–Trinajstić information content (AvgIpc) is 3.02. The zero-order valence-electron chi connectivity index (χ0n) is 13.2. The van der Waals surface area contributed by atoms with E-state index in [1.54, 1.807) is 24.3 Å². The summed E-state index contributed by atoms with van der Waals surface area (Å²) in [7, 11) is 0. The zero-order chi connectivity index (χ0) is 18.8. The van der Waals surface area contributed by atoms with E-state index in [9.17, 15) is 9.90 Å². The summed E-state index contributed by atoms with van der Waals surface area (Å²) in [6, 6.07) is 6.64. The fraction of sp³-hybridized carbons (Fsp3) is 0.188. The van der Waals surface area contributed by atoms with Gasteiger partial charge in [-0.15, -0.1) is 11.3 Å². The minimum absolute atomic E-state index is 0.0584. The molecule has 0 aliphatic carbocycles. The van der Waals surface area contributed by atoms with Gasteiger partial charge in [0.15, 0.2) is 0 Å². The van der Waals surface area contributed by atoms with Crippen LogP contribution in [0.15, 0.2) is 24.3 Å². The molecule has 3 aromatic rings. The highest BCUT2D eigenvalue weighted by atomic mass is 35.5. The Kier molecular flexibility index (Phi) is 5.59. The van der Waals surface area contributed by atoms with Crippen LogP contribution in [0.3, 0.4) is 0 Å². The number of amides is 1. The Hall–Kier alpha value is -1.97. The number of fused-ring (bicyclic) bond motifs is 1. The summed E-state index contributed by atoms with van der Waals surface area (Å²) in [5.74, 6) is -0.338. The number of rotatable bonds is 5. The molecule has 2 aromatic heterocycles. The maximum absolute atomic E-state index is 12.3. The second kappa shape index (κ2) is 7.73. The van der Waals surface area contributed by atoms with E-state index in [1.807, 2.05) is 0 Å². The fourth-order valence-electron chi connectivity index (χ4n) is 2.30. The third-order valence-electron chi connectivity index (χ3n) is 3.53. The van der Waals surface area contributed by atoms with Crippen LogP contribution in [0.4, 0.5) is 5.95 Å². The van der Waals surface area contributed by atoms with Gasteiger partial charge in [0.2, 0.25) is 5.95 Å². The lowest BCUT2D eigenvalue weighted by Crippen LogP contribution is -2.33. The van der Waals surface area contributed by atoms with E-state index in [0.29, 0.717) is 36.4 Å². The molecule has 7 nitrogen and oxygen atoms in total. The second-order valence-corrected chi connectivity index (χ2v) is 7.30. The van der Waals surface area contributed by atoms with E-state index in [4.69, 9.17) is 34.0 Å². The van der Waals surface area contributed by atoms with E-state index >= 15 is 0 Å². The monoisotopic (exact) mass is 412 g/mol. The first-order chi connectivity index (χ1) is 12.4. The van der Waals surface area contributed by atoms with Crippen molar-refractivity contribution in [3.8, 4) is 11.3 Å². The van der Waals surface area contributed by atoms with Crippen LogP contribution in [0.25, 0.3) is 21.5 Å². The van der Waals surface area contributed by atoms with Gasteiger partial charge in [0.1, 0.15) is 4.83 Å². The predicted molar refractivity (Wildman–Crippen MR) is 103 cm³/mol. The molecule has 0 fully saturated rings. The summed E-state index contributed by atoms with van der Waals surface area (Å²) >= 11 is 13.4. The number of thiophene rings is 1. The van der Waals surface area contributed by atoms with E-state index in [-0.39, 0.29) is 12.5 Å². The molecule has 0 spiro atoms. The van der Waals surface area contributed by atoms with Gasteiger partial charge >= 0.3 is 0 Å². The second-order valence-electron chi connectivity index (χ2n) is 5.43. The van der Waals surface area contributed by atoms with Gasteiger partial charge in [0.25, 0.3) is 5.91 Å². The van der Waals surface area contributed by atoms with Gasteiger partial charge in [-0.2, -0.15) is 0 Å². The first-order valence-corrected chi connectivity index (χ1v) is 9.06. The molecule has 26 heavy (non-hydrogen) atoms. The molecule has 1 aromatic carbocycles. The molecule has 0 bridgehead atoms. The number of nitrogens with one attached hydrogen (secondary N) is 1. The summed E-state index contributed by atoms with van der Waals surface area (Å²) in [6.07, 6.45) is -1.02. The number of nitrogens with zero attached hydrogens (tertiary/aromatic N) is 2. The zero-order valence-corrected chi connectivity index (χ0v) is 15.6. The number of nitrogen functional groups attached to an aromatic ring is 1. The van der Waals surface area contributed by atoms with Crippen LogP contribution in [0.5, 0.6) is 0 Å². The van der Waals surface area contributed by atoms with Crippen molar-refractivity contribution in [2.24, 2.45) is 0 Å². The van der Waals surface area contributed by atoms with Crippen molar-refractivity contribution in [1.82, 2.24) is 15.3 Å². The molecular weight excluding hydrogens is 399 g/mol. The largest absolute Gasteiger partial charge is 0.394 e. The maximum atomic E-state index is 12.3. The third kappa shape index (κ3) is 3.89. The van der Waals surface area contributed by atoms with Gasteiger partial charge in [0.05, 0.1) is 28.3 Å². The number of anilines is 1. The van der Waals surface area contributed by atoms with Gasteiger partial charge in [-0.1, -0.05) is 23.2 Å². The van der Waals surface area contributed by atoms with E-state index in [0.717, 1.165) is 11.3 Å². The van der Waals surface area contributed by atoms with E-state index in [2.05, 4.69) is 15.3 Å². The molecule has 0 aliphatic heterocycles. The molecule has 10 heteroatoms. The summed E-state index contributed by atoms with van der Waals surface area (Å²) in [5, 5.41) is 22.2. The molecular formula is C16H14Cl2N4O3S. The number of carbonyl (C=O) groups excluding carboxylic acids is 1. The highest BCUT2D eigenvalue weighted by Crippen LogP contribution is 2.36. The molecule has 0 saturated heterocycles. The smallest absolute Gasteiger partial charge is 0.261 e. The summed E-state index contributed by atoms with van der Waals surface area (Å²) in [5.41, 5.74) is 6.92. The molecule has 136 valence electrons. The van der Waals surface area contributed by atoms with Crippen molar-refractivity contribution in [2.45, 2.75) is 6.10 Å². The van der Waals surface area contributed by atoms with Gasteiger partial charge in [-0.05, 0) is 24.3 Å². The van der Waals surface area contributed by atoms with Crippen LogP contribution in [0.1, 0.15) is 9.67 Å². The number of hydrogen-bond acceptors (Lipinski definition) is 7. The maximum Gasteiger partial charge on any atom is 0.261 e. The number of benzene rings is 1. The SMILES string of the molecule is Nc1nc(-c2ccc(Cl)cc2Cl)c2cc(C(=O)NCC(O)CO)sc2n1. The Bertz CT molecular complexity index is 980. The molecule has 0 aliphatic rings. The van der Waals surface area contributed by atoms with Crippen molar-refractivity contribution in [2.75, 3.05) is 18.9 Å².